The van der Waals surface area contributed by atoms with Gasteiger partial charge in [0.1, 0.15) is 18.4 Å². The Morgan fingerprint density at radius 3 is 2.73 bits per heavy atom. The number of amides is 1. The number of nitrogens with one attached hydrogen (secondary N) is 1. The van der Waals surface area contributed by atoms with E-state index in [1.165, 1.54) is 11.1 Å². The van der Waals surface area contributed by atoms with Gasteiger partial charge in [0.15, 0.2) is 0 Å². The fraction of sp³-hybridized carbons (Fsp3) is 0.286. The highest BCUT2D eigenvalue weighted by Crippen LogP contribution is 2.41. The molecule has 3 aromatic rings. The number of imidazole rings is 1. The third kappa shape index (κ3) is 2.95. The summed E-state index contributed by atoms with van der Waals surface area (Å²) >= 11 is 0. The van der Waals surface area contributed by atoms with Crippen molar-refractivity contribution in [2.45, 2.75) is 39.2 Å². The van der Waals surface area contributed by atoms with Gasteiger partial charge in [-0.1, -0.05) is 12.1 Å². The maximum atomic E-state index is 12.7. The largest absolute Gasteiger partial charge is 0.323 e. The smallest absolute Gasteiger partial charge is 0.244 e. The van der Waals surface area contributed by atoms with E-state index in [1.807, 2.05) is 10.6 Å². The van der Waals surface area contributed by atoms with Crippen molar-refractivity contribution < 1.29 is 4.79 Å². The summed E-state index contributed by atoms with van der Waals surface area (Å²) in [4.78, 5) is 17.5. The second kappa shape index (κ2) is 6.30. The van der Waals surface area contributed by atoms with E-state index in [0.717, 1.165) is 29.7 Å². The minimum absolute atomic E-state index is 0.146. The first-order valence-corrected chi connectivity index (χ1v) is 8.83. The van der Waals surface area contributed by atoms with Crippen LogP contribution in [0.4, 0.5) is 5.69 Å². The molecule has 26 heavy (non-hydrogen) atoms. The van der Waals surface area contributed by atoms with Crippen LogP contribution in [0.25, 0.3) is 11.0 Å². The van der Waals surface area contributed by atoms with Gasteiger partial charge < -0.3 is 9.88 Å². The van der Waals surface area contributed by atoms with Crippen molar-refractivity contribution >= 4 is 22.6 Å². The van der Waals surface area contributed by atoms with Crippen molar-refractivity contribution in [2.24, 2.45) is 0 Å². The Kier molecular flexibility index (Phi) is 3.96. The number of hydrogen-bond acceptors (Lipinski definition) is 3. The highest BCUT2D eigenvalue weighted by Gasteiger charge is 2.30. The van der Waals surface area contributed by atoms with Gasteiger partial charge in [-0.2, -0.15) is 5.26 Å². The average Bonchev–Trinajstić information content (AvgIpc) is 3.41. The number of anilines is 1. The standard InChI is InChI=1S/C21H20N4O/c1-13-9-18-19(10-14(13)2)25(21(24-18)15-7-8-15)12-20(26)23-17-6-4-3-5-16(17)11-22/h3-6,9-10,15H,7-8,12H2,1-2H3,(H,23,26). The topological polar surface area (TPSA) is 70.7 Å². The third-order valence-electron chi connectivity index (χ3n) is 4.96. The van der Waals surface area contributed by atoms with Crippen LogP contribution in [0.2, 0.25) is 0 Å². The summed E-state index contributed by atoms with van der Waals surface area (Å²) in [7, 11) is 0. The molecule has 1 saturated carbocycles. The van der Waals surface area contributed by atoms with Gasteiger partial charge in [-0.3, -0.25) is 4.79 Å². The molecule has 1 aliphatic rings. The molecular weight excluding hydrogens is 324 g/mol. The molecule has 0 radical (unpaired) electrons. The van der Waals surface area contributed by atoms with Gasteiger partial charge in [-0.15, -0.1) is 0 Å². The lowest BCUT2D eigenvalue weighted by Gasteiger charge is -2.11. The Labute approximate surface area is 152 Å². The zero-order valence-electron chi connectivity index (χ0n) is 14.9. The van der Waals surface area contributed by atoms with E-state index < -0.39 is 0 Å². The molecule has 1 aliphatic carbocycles. The van der Waals surface area contributed by atoms with Crippen LogP contribution in [0.1, 0.15) is 41.3 Å². The predicted molar refractivity (Wildman–Crippen MR) is 101 cm³/mol. The normalized spacial score (nSPS) is 13.6. The van der Waals surface area contributed by atoms with Gasteiger partial charge in [0, 0.05) is 5.92 Å². The molecule has 0 saturated heterocycles. The Hall–Kier alpha value is -3.13. The van der Waals surface area contributed by atoms with Crippen LogP contribution < -0.4 is 5.32 Å². The van der Waals surface area contributed by atoms with Gasteiger partial charge in [0.05, 0.1) is 22.3 Å². The molecule has 1 heterocycles. The van der Waals surface area contributed by atoms with Crippen LogP contribution in [0.3, 0.4) is 0 Å². The van der Waals surface area contributed by atoms with E-state index in [9.17, 15) is 10.1 Å². The Balaban J connectivity index is 1.68. The molecule has 5 heteroatoms. The van der Waals surface area contributed by atoms with Crippen molar-refractivity contribution in [1.82, 2.24) is 9.55 Å². The minimum Gasteiger partial charge on any atom is -0.323 e. The number of carbonyl (C=O) groups is 1. The monoisotopic (exact) mass is 344 g/mol. The minimum atomic E-state index is -0.146. The van der Waals surface area contributed by atoms with E-state index in [4.69, 9.17) is 4.98 Å². The molecule has 0 bridgehead atoms. The highest BCUT2D eigenvalue weighted by molar-refractivity contribution is 5.93. The molecule has 0 spiro atoms. The molecule has 4 rings (SSSR count). The molecule has 0 aliphatic heterocycles. The van der Waals surface area contributed by atoms with Crippen LogP contribution in [-0.2, 0) is 11.3 Å². The molecule has 1 fully saturated rings. The van der Waals surface area contributed by atoms with Gasteiger partial charge in [-0.05, 0) is 62.1 Å². The quantitative estimate of drug-likeness (QED) is 0.776. The molecule has 0 atom stereocenters. The zero-order chi connectivity index (χ0) is 18.3. The fourth-order valence-corrected chi connectivity index (χ4v) is 3.24. The number of fused-ring (bicyclic) bond motifs is 1. The maximum Gasteiger partial charge on any atom is 0.244 e. The lowest BCUT2D eigenvalue weighted by Crippen LogP contribution is -2.20. The molecule has 1 N–H and O–H groups in total. The average molecular weight is 344 g/mol. The summed E-state index contributed by atoms with van der Waals surface area (Å²) in [5, 5.41) is 12.1. The van der Waals surface area contributed by atoms with Gasteiger partial charge in [0.2, 0.25) is 5.91 Å². The van der Waals surface area contributed by atoms with Crippen molar-refractivity contribution in [3.8, 4) is 6.07 Å². The van der Waals surface area contributed by atoms with Crippen molar-refractivity contribution in [2.75, 3.05) is 5.32 Å². The van der Waals surface area contributed by atoms with E-state index in [1.54, 1.807) is 18.2 Å². The Bertz CT molecular complexity index is 1050. The number of hydrogen-bond donors (Lipinski definition) is 1. The summed E-state index contributed by atoms with van der Waals surface area (Å²) in [5.74, 6) is 1.29. The summed E-state index contributed by atoms with van der Waals surface area (Å²) in [6.07, 6.45) is 2.25. The number of para-hydroxylation sites is 1. The number of aromatic nitrogens is 2. The number of carbonyl (C=O) groups excluding carboxylic acids is 1. The number of aryl methyl sites for hydroxylation is 2. The van der Waals surface area contributed by atoms with Crippen LogP contribution in [0.5, 0.6) is 0 Å². The number of nitrogens with zero attached hydrogens (tertiary/aromatic N) is 3. The Morgan fingerprint density at radius 2 is 2.00 bits per heavy atom. The first-order valence-electron chi connectivity index (χ1n) is 8.83. The highest BCUT2D eigenvalue weighted by atomic mass is 16.1. The van der Waals surface area contributed by atoms with Crippen LogP contribution in [0, 0.1) is 25.2 Å². The fourth-order valence-electron chi connectivity index (χ4n) is 3.24. The number of benzene rings is 2. The van der Waals surface area contributed by atoms with Gasteiger partial charge in [0.25, 0.3) is 0 Å². The second-order valence-corrected chi connectivity index (χ2v) is 6.96. The van der Waals surface area contributed by atoms with Gasteiger partial charge >= 0.3 is 0 Å². The first-order chi connectivity index (χ1) is 12.6. The molecule has 5 nitrogen and oxygen atoms in total. The molecule has 130 valence electrons. The van der Waals surface area contributed by atoms with Crippen LogP contribution >= 0.6 is 0 Å². The van der Waals surface area contributed by atoms with Crippen molar-refractivity contribution in [3.63, 3.8) is 0 Å². The van der Waals surface area contributed by atoms with Crippen molar-refractivity contribution in [1.29, 1.82) is 5.26 Å². The predicted octanol–water partition coefficient (Wildman–Crippen LogP) is 4.04. The SMILES string of the molecule is Cc1cc2nc(C3CC3)n(CC(=O)Nc3ccccc3C#N)c2cc1C. The summed E-state index contributed by atoms with van der Waals surface area (Å²) < 4.78 is 2.03. The summed E-state index contributed by atoms with van der Waals surface area (Å²) in [6, 6.07) is 13.4. The second-order valence-electron chi connectivity index (χ2n) is 6.96. The van der Waals surface area contributed by atoms with E-state index in [2.05, 4.69) is 37.4 Å². The molecule has 1 amide bonds. The maximum absolute atomic E-state index is 12.7. The molecule has 1 aromatic heterocycles. The summed E-state index contributed by atoms with van der Waals surface area (Å²) in [5.41, 5.74) is 5.35. The number of nitriles is 1. The van der Waals surface area contributed by atoms with E-state index >= 15 is 0 Å². The molecule has 0 unspecified atom stereocenters. The van der Waals surface area contributed by atoms with E-state index in [-0.39, 0.29) is 12.5 Å². The summed E-state index contributed by atoms with van der Waals surface area (Å²) in [6.45, 7) is 4.35. The molecule has 2 aromatic carbocycles. The van der Waals surface area contributed by atoms with Crippen LogP contribution in [0.15, 0.2) is 36.4 Å². The number of rotatable bonds is 4. The van der Waals surface area contributed by atoms with Crippen LogP contribution in [-0.4, -0.2) is 15.5 Å². The lowest BCUT2D eigenvalue weighted by molar-refractivity contribution is -0.116. The van der Waals surface area contributed by atoms with Crippen molar-refractivity contribution in [3.05, 3.63) is 58.9 Å². The lowest BCUT2D eigenvalue weighted by atomic mass is 10.1. The molecular formula is C21H20N4O. The van der Waals surface area contributed by atoms with E-state index in [0.29, 0.717) is 17.2 Å². The third-order valence-corrected chi connectivity index (χ3v) is 4.96. The first kappa shape index (κ1) is 16.3. The van der Waals surface area contributed by atoms with Gasteiger partial charge in [-0.25, -0.2) is 4.98 Å². The Morgan fingerprint density at radius 1 is 1.27 bits per heavy atom. The zero-order valence-corrected chi connectivity index (χ0v) is 14.9.